The van der Waals surface area contributed by atoms with Crippen molar-refractivity contribution in [3.05, 3.63) is 75.9 Å². The van der Waals surface area contributed by atoms with Crippen molar-refractivity contribution in [2.75, 3.05) is 10.6 Å². The molecule has 2 N–H and O–H groups in total. The van der Waals surface area contributed by atoms with E-state index in [9.17, 15) is 18.0 Å². The average molecular weight is 449 g/mol. The smallest absolute Gasteiger partial charge is 0.363 e. The van der Waals surface area contributed by atoms with Crippen molar-refractivity contribution in [1.29, 1.82) is 0 Å². The Bertz CT molecular complexity index is 1120. The maximum Gasteiger partial charge on any atom is 0.410 e. The molecule has 1 aromatic heterocycles. The molecule has 5 nitrogen and oxygen atoms in total. The second kappa shape index (κ2) is 7.92. The molecule has 9 heteroatoms. The summed E-state index contributed by atoms with van der Waals surface area (Å²) in [5.74, 6) is -0.464. The van der Waals surface area contributed by atoms with Crippen molar-refractivity contribution < 1.29 is 18.0 Å². The number of anilines is 2. The fourth-order valence-corrected chi connectivity index (χ4v) is 3.81. The van der Waals surface area contributed by atoms with Crippen LogP contribution in [0.5, 0.6) is 0 Å². The van der Waals surface area contributed by atoms with Crippen LogP contribution in [-0.2, 0) is 0 Å². The Morgan fingerprint density at radius 1 is 1.19 bits per heavy atom. The van der Waals surface area contributed by atoms with E-state index in [0.29, 0.717) is 16.3 Å². The molecule has 1 aliphatic rings. The highest BCUT2D eigenvalue weighted by molar-refractivity contribution is 6.31. The van der Waals surface area contributed by atoms with Gasteiger partial charge in [0.25, 0.3) is 5.91 Å². The quantitative estimate of drug-likeness (QED) is 0.511. The molecule has 0 fully saturated rings. The third kappa shape index (κ3) is 4.25. The molecule has 2 heterocycles. The predicted octanol–water partition coefficient (Wildman–Crippen LogP) is 6.07. The van der Waals surface area contributed by atoms with Gasteiger partial charge in [0.05, 0.1) is 6.04 Å². The maximum atomic E-state index is 13.8. The molecule has 1 aliphatic heterocycles. The lowest BCUT2D eigenvalue weighted by Gasteiger charge is -2.33. The molecule has 0 saturated heterocycles. The molecule has 162 valence electrons. The number of nitrogens with one attached hydrogen (secondary N) is 2. The van der Waals surface area contributed by atoms with Crippen LogP contribution < -0.4 is 10.6 Å². The SMILES string of the molecule is Cc1ccc([C@H]2C[C@@H](C(F)(F)F)n3nc(C(=O)Nc4cccc(Cl)c4C)cc3N2)cc1. The van der Waals surface area contributed by atoms with Crippen LogP contribution in [0, 0.1) is 13.8 Å². The summed E-state index contributed by atoms with van der Waals surface area (Å²) >= 11 is 6.07. The van der Waals surface area contributed by atoms with E-state index in [0.717, 1.165) is 15.8 Å². The summed E-state index contributed by atoms with van der Waals surface area (Å²) in [5, 5.41) is 10.2. The van der Waals surface area contributed by atoms with Gasteiger partial charge >= 0.3 is 6.18 Å². The van der Waals surface area contributed by atoms with E-state index in [1.165, 1.54) is 6.07 Å². The summed E-state index contributed by atoms with van der Waals surface area (Å²) in [6.45, 7) is 3.65. The molecule has 31 heavy (non-hydrogen) atoms. The van der Waals surface area contributed by atoms with E-state index in [-0.39, 0.29) is 17.9 Å². The fourth-order valence-electron chi connectivity index (χ4n) is 3.63. The highest BCUT2D eigenvalue weighted by Gasteiger charge is 2.46. The number of carbonyl (C=O) groups is 1. The second-order valence-electron chi connectivity index (χ2n) is 7.63. The summed E-state index contributed by atoms with van der Waals surface area (Å²) < 4.78 is 42.3. The van der Waals surface area contributed by atoms with Crippen molar-refractivity contribution in [2.45, 2.75) is 38.5 Å². The summed E-state index contributed by atoms with van der Waals surface area (Å²) in [5.41, 5.74) is 2.79. The molecule has 2 atom stereocenters. The Labute approximate surface area is 182 Å². The van der Waals surface area contributed by atoms with Crippen LogP contribution >= 0.6 is 11.6 Å². The van der Waals surface area contributed by atoms with E-state index in [4.69, 9.17) is 11.6 Å². The molecule has 0 unspecified atom stereocenters. The van der Waals surface area contributed by atoms with Gasteiger partial charge < -0.3 is 10.6 Å². The Balaban J connectivity index is 1.65. The minimum Gasteiger partial charge on any atom is -0.363 e. The number of alkyl halides is 3. The van der Waals surface area contributed by atoms with Crippen LogP contribution in [0.25, 0.3) is 0 Å². The van der Waals surface area contributed by atoms with Gasteiger partial charge in [0.2, 0.25) is 0 Å². The lowest BCUT2D eigenvalue weighted by molar-refractivity contribution is -0.173. The van der Waals surface area contributed by atoms with Gasteiger partial charge in [0, 0.05) is 23.2 Å². The van der Waals surface area contributed by atoms with E-state index < -0.39 is 24.2 Å². The number of benzene rings is 2. The highest BCUT2D eigenvalue weighted by Crippen LogP contribution is 2.43. The molecular formula is C22H20ClF3N4O. The summed E-state index contributed by atoms with van der Waals surface area (Å²) in [4.78, 5) is 12.7. The van der Waals surface area contributed by atoms with Crippen LogP contribution in [0.3, 0.4) is 0 Å². The zero-order valence-corrected chi connectivity index (χ0v) is 17.6. The average Bonchev–Trinajstić information content (AvgIpc) is 3.14. The van der Waals surface area contributed by atoms with Crippen molar-refractivity contribution >= 4 is 29.0 Å². The van der Waals surface area contributed by atoms with Crippen molar-refractivity contribution in [3.63, 3.8) is 0 Å². The normalized spacial score (nSPS) is 18.3. The first-order valence-electron chi connectivity index (χ1n) is 9.69. The van der Waals surface area contributed by atoms with E-state index in [2.05, 4.69) is 15.7 Å². The minimum absolute atomic E-state index is 0.110. The van der Waals surface area contributed by atoms with Crippen LogP contribution in [0.2, 0.25) is 5.02 Å². The molecule has 0 spiro atoms. The Hall–Kier alpha value is -3.00. The number of rotatable bonds is 3. The van der Waals surface area contributed by atoms with E-state index in [1.54, 1.807) is 25.1 Å². The Morgan fingerprint density at radius 2 is 1.90 bits per heavy atom. The van der Waals surface area contributed by atoms with E-state index >= 15 is 0 Å². The standard InChI is InChI=1S/C22H20ClF3N4O/c1-12-6-8-14(9-7-12)17-10-19(22(24,25)26)30-20(27-17)11-18(29-30)21(31)28-16-5-3-4-15(23)13(16)2/h3-9,11,17,19,27H,10H2,1-2H3,(H,28,31)/t17-,19+/m1/s1. The first kappa shape index (κ1) is 21.2. The van der Waals surface area contributed by atoms with Gasteiger partial charge in [-0.05, 0) is 37.1 Å². The maximum absolute atomic E-state index is 13.8. The van der Waals surface area contributed by atoms with Crippen LogP contribution in [0.4, 0.5) is 24.7 Å². The molecule has 0 bridgehead atoms. The van der Waals surface area contributed by atoms with Gasteiger partial charge in [-0.15, -0.1) is 0 Å². The Morgan fingerprint density at radius 3 is 2.58 bits per heavy atom. The molecule has 0 radical (unpaired) electrons. The summed E-state index contributed by atoms with van der Waals surface area (Å²) in [7, 11) is 0. The molecule has 1 amide bonds. The minimum atomic E-state index is -4.51. The second-order valence-corrected chi connectivity index (χ2v) is 8.03. The molecule has 0 aliphatic carbocycles. The number of fused-ring (bicyclic) bond motifs is 1. The number of hydrogen-bond donors (Lipinski definition) is 2. The molecule has 0 saturated carbocycles. The monoisotopic (exact) mass is 448 g/mol. The van der Waals surface area contributed by atoms with Gasteiger partial charge in [0.1, 0.15) is 5.82 Å². The highest BCUT2D eigenvalue weighted by atomic mass is 35.5. The Kier molecular flexibility index (Phi) is 5.43. The topological polar surface area (TPSA) is 59.0 Å². The van der Waals surface area contributed by atoms with Gasteiger partial charge in [-0.1, -0.05) is 47.5 Å². The number of hydrogen-bond acceptors (Lipinski definition) is 3. The molecule has 2 aromatic carbocycles. The predicted molar refractivity (Wildman–Crippen MR) is 114 cm³/mol. The number of amides is 1. The molecule has 4 rings (SSSR count). The van der Waals surface area contributed by atoms with Crippen molar-refractivity contribution in [2.24, 2.45) is 0 Å². The number of aromatic nitrogens is 2. The first-order chi connectivity index (χ1) is 14.6. The van der Waals surface area contributed by atoms with E-state index in [1.807, 2.05) is 31.2 Å². The van der Waals surface area contributed by atoms with Crippen molar-refractivity contribution in [1.82, 2.24) is 9.78 Å². The third-order valence-corrected chi connectivity index (χ3v) is 5.83. The van der Waals surface area contributed by atoms with Gasteiger partial charge in [-0.2, -0.15) is 18.3 Å². The number of halogens is 4. The van der Waals surface area contributed by atoms with Crippen LogP contribution in [0.1, 0.15) is 45.7 Å². The first-order valence-corrected chi connectivity index (χ1v) is 10.1. The largest absolute Gasteiger partial charge is 0.410 e. The molecule has 3 aromatic rings. The fraction of sp³-hybridized carbons (Fsp3) is 0.273. The number of nitrogens with zero attached hydrogens (tertiary/aromatic N) is 2. The third-order valence-electron chi connectivity index (χ3n) is 5.42. The molecular weight excluding hydrogens is 429 g/mol. The van der Waals surface area contributed by atoms with Gasteiger partial charge in [-0.3, -0.25) is 4.79 Å². The zero-order valence-electron chi connectivity index (χ0n) is 16.8. The number of aryl methyl sites for hydroxylation is 1. The number of carbonyl (C=O) groups excluding carboxylic acids is 1. The van der Waals surface area contributed by atoms with Crippen LogP contribution in [0.15, 0.2) is 48.5 Å². The summed E-state index contributed by atoms with van der Waals surface area (Å²) in [6, 6.07) is 11.3. The lowest BCUT2D eigenvalue weighted by Crippen LogP contribution is -2.35. The lowest BCUT2D eigenvalue weighted by atomic mass is 9.96. The van der Waals surface area contributed by atoms with Gasteiger partial charge in [0.15, 0.2) is 11.7 Å². The summed E-state index contributed by atoms with van der Waals surface area (Å²) in [6.07, 6.45) is -4.74. The zero-order chi connectivity index (χ0) is 22.3. The van der Waals surface area contributed by atoms with Crippen molar-refractivity contribution in [3.8, 4) is 0 Å². The van der Waals surface area contributed by atoms with Gasteiger partial charge in [-0.25, -0.2) is 4.68 Å². The van der Waals surface area contributed by atoms with Crippen LogP contribution in [-0.4, -0.2) is 21.9 Å².